The summed E-state index contributed by atoms with van der Waals surface area (Å²) in [5, 5.41) is 0. The molecule has 31 heavy (non-hydrogen) atoms. The van der Waals surface area contributed by atoms with Gasteiger partial charge < -0.3 is 14.4 Å². The monoisotopic (exact) mass is 413 g/mol. The lowest BCUT2D eigenvalue weighted by Crippen LogP contribution is -2.32. The molecule has 0 amide bonds. The molecule has 0 N–H and O–H groups in total. The van der Waals surface area contributed by atoms with E-state index in [0.29, 0.717) is 6.04 Å². The maximum absolute atomic E-state index is 5.43. The molecule has 0 heterocycles. The van der Waals surface area contributed by atoms with E-state index >= 15 is 0 Å². The Balaban J connectivity index is 1.63. The van der Waals surface area contributed by atoms with Gasteiger partial charge in [0.15, 0.2) is 11.5 Å². The maximum atomic E-state index is 5.43. The van der Waals surface area contributed by atoms with Crippen LogP contribution in [-0.4, -0.2) is 38.8 Å². The van der Waals surface area contributed by atoms with Crippen LogP contribution in [0.5, 0.6) is 11.5 Å². The van der Waals surface area contributed by atoms with Crippen molar-refractivity contribution >= 4 is 0 Å². The van der Waals surface area contributed by atoms with Crippen molar-refractivity contribution in [3.05, 3.63) is 95.1 Å². The Kier molecular flexibility index (Phi) is 8.15. The molecular weight excluding hydrogens is 382 g/mol. The number of benzene rings is 3. The van der Waals surface area contributed by atoms with Crippen LogP contribution in [-0.2, 0) is 12.8 Å². The first-order valence-electron chi connectivity index (χ1n) is 10.7. The van der Waals surface area contributed by atoms with Crippen molar-refractivity contribution in [3.8, 4) is 23.3 Å². The average Bonchev–Trinajstić information content (AvgIpc) is 2.82. The lowest BCUT2D eigenvalue weighted by atomic mass is 10.00. The highest BCUT2D eigenvalue weighted by Crippen LogP contribution is 2.27. The van der Waals surface area contributed by atoms with Gasteiger partial charge in [-0.1, -0.05) is 54.3 Å². The zero-order valence-corrected chi connectivity index (χ0v) is 18.9. The van der Waals surface area contributed by atoms with E-state index in [0.717, 1.165) is 42.0 Å². The van der Waals surface area contributed by atoms with Crippen molar-refractivity contribution in [3.63, 3.8) is 0 Å². The molecule has 0 bridgehead atoms. The van der Waals surface area contributed by atoms with Crippen LogP contribution in [0.1, 0.15) is 29.2 Å². The fourth-order valence-corrected chi connectivity index (χ4v) is 3.52. The van der Waals surface area contributed by atoms with Crippen molar-refractivity contribution in [1.29, 1.82) is 0 Å². The second kappa shape index (κ2) is 11.2. The molecule has 0 saturated heterocycles. The molecule has 0 aliphatic rings. The summed E-state index contributed by atoms with van der Waals surface area (Å²) in [7, 11) is 5.52. The minimum absolute atomic E-state index is 0.403. The molecule has 3 aromatic rings. The van der Waals surface area contributed by atoms with E-state index < -0.39 is 0 Å². The van der Waals surface area contributed by atoms with Crippen molar-refractivity contribution in [1.82, 2.24) is 4.90 Å². The minimum atomic E-state index is 0.403. The van der Waals surface area contributed by atoms with E-state index in [2.05, 4.69) is 67.1 Å². The SMILES string of the molecule is COc1ccc(CCN(C)C(C)Cc2ccccc2C#Cc2ccccc2)cc1OC. The second-order valence-electron chi connectivity index (χ2n) is 7.75. The Morgan fingerprint density at radius 3 is 2.29 bits per heavy atom. The first-order valence-corrected chi connectivity index (χ1v) is 10.7. The summed E-state index contributed by atoms with van der Waals surface area (Å²) in [4.78, 5) is 2.40. The molecule has 1 unspecified atom stereocenters. The normalized spacial score (nSPS) is 11.5. The first-order chi connectivity index (χ1) is 15.1. The van der Waals surface area contributed by atoms with Gasteiger partial charge in [-0.2, -0.15) is 0 Å². The molecule has 0 spiro atoms. The molecule has 1 atom stereocenters. The van der Waals surface area contributed by atoms with Crippen LogP contribution >= 0.6 is 0 Å². The third kappa shape index (κ3) is 6.38. The Morgan fingerprint density at radius 2 is 1.55 bits per heavy atom. The first kappa shape index (κ1) is 22.5. The topological polar surface area (TPSA) is 21.7 Å². The lowest BCUT2D eigenvalue weighted by molar-refractivity contribution is 0.259. The summed E-state index contributed by atoms with van der Waals surface area (Å²) >= 11 is 0. The Labute approximate surface area is 186 Å². The molecule has 3 aromatic carbocycles. The van der Waals surface area contributed by atoms with Crippen LogP contribution in [0.2, 0.25) is 0 Å². The number of rotatable bonds is 8. The Morgan fingerprint density at radius 1 is 0.839 bits per heavy atom. The third-order valence-corrected chi connectivity index (χ3v) is 5.60. The highest BCUT2D eigenvalue weighted by Gasteiger charge is 2.13. The van der Waals surface area contributed by atoms with Crippen molar-refractivity contribution < 1.29 is 9.47 Å². The van der Waals surface area contributed by atoms with Gasteiger partial charge in [-0.15, -0.1) is 0 Å². The Hall–Kier alpha value is -3.22. The molecule has 0 radical (unpaired) electrons. The Bertz CT molecular complexity index is 1030. The van der Waals surface area contributed by atoms with Crippen molar-refractivity contribution in [2.45, 2.75) is 25.8 Å². The van der Waals surface area contributed by atoms with Crippen LogP contribution in [0.3, 0.4) is 0 Å². The summed E-state index contributed by atoms with van der Waals surface area (Å²) < 4.78 is 10.8. The van der Waals surface area contributed by atoms with E-state index in [1.807, 2.05) is 36.4 Å². The highest BCUT2D eigenvalue weighted by molar-refractivity contribution is 5.46. The van der Waals surface area contributed by atoms with E-state index in [1.54, 1.807) is 14.2 Å². The number of methoxy groups -OCH3 is 2. The van der Waals surface area contributed by atoms with E-state index in [9.17, 15) is 0 Å². The number of hydrogen-bond acceptors (Lipinski definition) is 3. The van der Waals surface area contributed by atoms with Gasteiger partial charge in [0, 0.05) is 23.7 Å². The fraction of sp³-hybridized carbons (Fsp3) is 0.286. The highest BCUT2D eigenvalue weighted by atomic mass is 16.5. The third-order valence-electron chi connectivity index (χ3n) is 5.60. The van der Waals surface area contributed by atoms with Gasteiger partial charge >= 0.3 is 0 Å². The summed E-state index contributed by atoms with van der Waals surface area (Å²) in [6, 6.07) is 25.1. The summed E-state index contributed by atoms with van der Waals surface area (Å²) in [6.07, 6.45) is 1.92. The van der Waals surface area contributed by atoms with Gasteiger partial charge in [-0.05, 0) is 68.3 Å². The predicted octanol–water partition coefficient (Wildman–Crippen LogP) is 5.21. The zero-order chi connectivity index (χ0) is 22.1. The maximum Gasteiger partial charge on any atom is 0.160 e. The molecule has 3 nitrogen and oxygen atoms in total. The predicted molar refractivity (Wildman–Crippen MR) is 128 cm³/mol. The number of nitrogens with zero attached hydrogens (tertiary/aromatic N) is 1. The minimum Gasteiger partial charge on any atom is -0.493 e. The molecular formula is C28H31NO2. The molecule has 0 aromatic heterocycles. The average molecular weight is 414 g/mol. The second-order valence-corrected chi connectivity index (χ2v) is 7.75. The van der Waals surface area contributed by atoms with Gasteiger partial charge in [0.05, 0.1) is 14.2 Å². The molecule has 160 valence electrons. The van der Waals surface area contributed by atoms with Crippen LogP contribution in [0.25, 0.3) is 0 Å². The number of ether oxygens (including phenoxy) is 2. The van der Waals surface area contributed by atoms with E-state index in [-0.39, 0.29) is 0 Å². The van der Waals surface area contributed by atoms with Gasteiger partial charge in [0.25, 0.3) is 0 Å². The fourth-order valence-electron chi connectivity index (χ4n) is 3.52. The smallest absolute Gasteiger partial charge is 0.160 e. The number of likely N-dealkylation sites (N-methyl/N-ethyl adjacent to an activating group) is 1. The zero-order valence-electron chi connectivity index (χ0n) is 18.9. The van der Waals surface area contributed by atoms with Crippen molar-refractivity contribution in [2.24, 2.45) is 0 Å². The molecule has 0 fully saturated rings. The summed E-state index contributed by atoms with van der Waals surface area (Å²) in [5.74, 6) is 8.19. The van der Waals surface area contributed by atoms with Gasteiger partial charge in [-0.3, -0.25) is 0 Å². The van der Waals surface area contributed by atoms with E-state index in [1.165, 1.54) is 11.1 Å². The quantitative estimate of drug-likeness (QED) is 0.473. The van der Waals surface area contributed by atoms with E-state index in [4.69, 9.17) is 9.47 Å². The lowest BCUT2D eigenvalue weighted by Gasteiger charge is -2.25. The number of hydrogen-bond donors (Lipinski definition) is 0. The van der Waals surface area contributed by atoms with Crippen molar-refractivity contribution in [2.75, 3.05) is 27.8 Å². The molecule has 3 rings (SSSR count). The van der Waals surface area contributed by atoms with Gasteiger partial charge in [0.2, 0.25) is 0 Å². The molecule has 0 aliphatic heterocycles. The standard InChI is InChI=1S/C28H31NO2/c1-22(29(2)19-18-24-15-17-27(30-3)28(21-24)31-4)20-26-13-9-8-12-25(26)16-14-23-10-6-5-7-11-23/h5-13,15,17,21-22H,18-20H2,1-4H3. The molecule has 3 heteroatoms. The van der Waals surface area contributed by atoms with Gasteiger partial charge in [-0.25, -0.2) is 0 Å². The van der Waals surface area contributed by atoms with Gasteiger partial charge in [0.1, 0.15) is 0 Å². The largest absolute Gasteiger partial charge is 0.493 e. The molecule has 0 saturated carbocycles. The summed E-state index contributed by atoms with van der Waals surface area (Å²) in [5.41, 5.74) is 4.67. The van der Waals surface area contributed by atoms with Crippen LogP contribution in [0.15, 0.2) is 72.8 Å². The van der Waals surface area contributed by atoms with Crippen LogP contribution in [0, 0.1) is 11.8 Å². The van der Waals surface area contributed by atoms with Crippen LogP contribution < -0.4 is 9.47 Å². The molecule has 0 aliphatic carbocycles. The summed E-state index contributed by atoms with van der Waals surface area (Å²) in [6.45, 7) is 3.24. The van der Waals surface area contributed by atoms with Crippen LogP contribution in [0.4, 0.5) is 0 Å².